The molecule has 27 heavy (non-hydrogen) atoms. The third-order valence-corrected chi connectivity index (χ3v) is 3.38. The maximum absolute atomic E-state index is 13.6. The van der Waals surface area contributed by atoms with E-state index in [1.807, 2.05) is 11.4 Å². The summed E-state index contributed by atoms with van der Waals surface area (Å²) in [6.07, 6.45) is -5.85. The maximum Gasteiger partial charge on any atom is 0.413 e. The van der Waals surface area contributed by atoms with Crippen LogP contribution in [-0.2, 0) is 4.74 Å². The minimum Gasteiger partial charge on any atom is -0.444 e. The van der Waals surface area contributed by atoms with E-state index in [9.17, 15) is 18.0 Å². The molecule has 0 radical (unpaired) electrons. The number of alkyl carbamates (subject to hydrolysis) is 1. The Labute approximate surface area is 156 Å². The van der Waals surface area contributed by atoms with Crippen LogP contribution in [0.4, 0.5) is 18.0 Å². The van der Waals surface area contributed by atoms with Crippen molar-refractivity contribution < 1.29 is 22.7 Å². The number of carbonyl (C=O) groups is 1. The molecule has 0 saturated carbocycles. The SMILES string of the molecule is CC(C)(C)OC(=O)N[C@@H](c1ccccc1C#Cc1ccccc1)C(F)(F)F. The summed E-state index contributed by atoms with van der Waals surface area (Å²) in [7, 11) is 0. The average molecular weight is 375 g/mol. The molecule has 0 aliphatic rings. The van der Waals surface area contributed by atoms with Crippen molar-refractivity contribution >= 4 is 6.09 Å². The van der Waals surface area contributed by atoms with Crippen LogP contribution in [0.15, 0.2) is 54.6 Å². The molecule has 0 aromatic heterocycles. The number of ether oxygens (including phenoxy) is 1. The van der Waals surface area contributed by atoms with E-state index < -0.39 is 23.9 Å². The van der Waals surface area contributed by atoms with Crippen LogP contribution in [0.1, 0.15) is 43.5 Å². The Morgan fingerprint density at radius 3 is 2.15 bits per heavy atom. The van der Waals surface area contributed by atoms with Gasteiger partial charge in [-0.25, -0.2) is 4.79 Å². The van der Waals surface area contributed by atoms with Crippen LogP contribution in [0.5, 0.6) is 0 Å². The van der Waals surface area contributed by atoms with Gasteiger partial charge in [-0.1, -0.05) is 48.2 Å². The second kappa shape index (κ2) is 8.17. The summed E-state index contributed by atoms with van der Waals surface area (Å²) in [5, 5.41) is 1.91. The molecule has 6 heteroatoms. The van der Waals surface area contributed by atoms with Gasteiger partial charge in [-0.05, 0) is 44.5 Å². The molecule has 1 N–H and O–H groups in total. The number of rotatable bonds is 2. The minimum absolute atomic E-state index is 0.140. The maximum atomic E-state index is 13.6. The summed E-state index contributed by atoms with van der Waals surface area (Å²) in [5.41, 5.74) is -0.192. The molecule has 3 nitrogen and oxygen atoms in total. The van der Waals surface area contributed by atoms with Crippen LogP contribution in [0.3, 0.4) is 0 Å². The Hall–Kier alpha value is -2.94. The Balaban J connectivity index is 2.37. The molecule has 0 spiro atoms. The molecule has 0 aliphatic carbocycles. The molecule has 2 aromatic carbocycles. The lowest BCUT2D eigenvalue weighted by molar-refractivity contribution is -0.157. The van der Waals surface area contributed by atoms with Crippen molar-refractivity contribution in [1.82, 2.24) is 5.32 Å². The van der Waals surface area contributed by atoms with Gasteiger partial charge in [-0.15, -0.1) is 0 Å². The van der Waals surface area contributed by atoms with Gasteiger partial charge in [0.05, 0.1) is 0 Å². The number of amides is 1. The van der Waals surface area contributed by atoms with E-state index in [1.165, 1.54) is 18.2 Å². The molecule has 0 fully saturated rings. The van der Waals surface area contributed by atoms with Crippen molar-refractivity contribution in [2.24, 2.45) is 0 Å². The van der Waals surface area contributed by atoms with Crippen LogP contribution in [-0.4, -0.2) is 17.9 Å². The standard InChI is InChI=1S/C21H20F3NO2/c1-20(2,3)27-19(26)25-18(21(22,23)24)17-12-8-7-11-16(17)14-13-15-9-5-4-6-10-15/h4-12,18H,1-3H3,(H,25,26)/t18-/m0/s1. The van der Waals surface area contributed by atoms with Gasteiger partial charge in [0.1, 0.15) is 5.60 Å². The molecule has 0 heterocycles. The second-order valence-electron chi connectivity index (χ2n) is 6.82. The Morgan fingerprint density at radius 1 is 0.963 bits per heavy atom. The van der Waals surface area contributed by atoms with Gasteiger partial charge < -0.3 is 10.1 Å². The van der Waals surface area contributed by atoms with E-state index in [1.54, 1.807) is 51.1 Å². The molecule has 0 bridgehead atoms. The van der Waals surface area contributed by atoms with Gasteiger partial charge in [0.2, 0.25) is 0 Å². The number of halogens is 3. The van der Waals surface area contributed by atoms with Crippen molar-refractivity contribution in [1.29, 1.82) is 0 Å². The van der Waals surface area contributed by atoms with Gasteiger partial charge in [-0.3, -0.25) is 0 Å². The first-order valence-electron chi connectivity index (χ1n) is 8.28. The van der Waals surface area contributed by atoms with Crippen LogP contribution in [0.2, 0.25) is 0 Å². The third-order valence-electron chi connectivity index (χ3n) is 3.38. The number of carbonyl (C=O) groups excluding carboxylic acids is 1. The molecule has 1 amide bonds. The van der Waals surface area contributed by atoms with Gasteiger partial charge in [0, 0.05) is 11.1 Å². The molecule has 0 aliphatic heterocycles. The Kier molecular flexibility index (Phi) is 6.17. The van der Waals surface area contributed by atoms with E-state index >= 15 is 0 Å². The zero-order chi connectivity index (χ0) is 20.1. The number of nitrogens with one attached hydrogen (secondary N) is 1. The highest BCUT2D eigenvalue weighted by Crippen LogP contribution is 2.34. The number of hydrogen-bond acceptors (Lipinski definition) is 2. The predicted molar refractivity (Wildman–Crippen MR) is 97.0 cm³/mol. The lowest BCUT2D eigenvalue weighted by Gasteiger charge is -2.26. The lowest BCUT2D eigenvalue weighted by atomic mass is 9.99. The molecular formula is C21H20F3NO2. The Morgan fingerprint density at radius 2 is 1.56 bits per heavy atom. The molecule has 0 saturated heterocycles. The van der Waals surface area contributed by atoms with E-state index in [0.29, 0.717) is 5.56 Å². The first-order valence-corrected chi connectivity index (χ1v) is 8.28. The summed E-state index contributed by atoms with van der Waals surface area (Å²) < 4.78 is 45.8. The van der Waals surface area contributed by atoms with Crippen molar-refractivity contribution in [3.05, 3.63) is 71.3 Å². The third kappa shape index (κ3) is 6.37. The van der Waals surface area contributed by atoms with Crippen LogP contribution >= 0.6 is 0 Å². The van der Waals surface area contributed by atoms with E-state index in [4.69, 9.17) is 4.74 Å². The summed E-state index contributed by atoms with van der Waals surface area (Å²) in [4.78, 5) is 11.9. The first-order chi connectivity index (χ1) is 12.6. The zero-order valence-electron chi connectivity index (χ0n) is 15.2. The number of benzene rings is 2. The van der Waals surface area contributed by atoms with E-state index in [-0.39, 0.29) is 11.1 Å². The highest BCUT2D eigenvalue weighted by Gasteiger charge is 2.43. The van der Waals surface area contributed by atoms with Crippen LogP contribution in [0.25, 0.3) is 0 Å². The van der Waals surface area contributed by atoms with Gasteiger partial charge in [-0.2, -0.15) is 13.2 Å². The highest BCUT2D eigenvalue weighted by atomic mass is 19.4. The second-order valence-corrected chi connectivity index (χ2v) is 6.82. The number of hydrogen-bond donors (Lipinski definition) is 1. The summed E-state index contributed by atoms with van der Waals surface area (Å²) in [5.74, 6) is 5.60. The summed E-state index contributed by atoms with van der Waals surface area (Å²) in [6.45, 7) is 4.73. The Bertz CT molecular complexity index is 843. The van der Waals surface area contributed by atoms with Gasteiger partial charge >= 0.3 is 12.3 Å². The summed E-state index contributed by atoms with van der Waals surface area (Å²) in [6, 6.07) is 12.5. The highest BCUT2D eigenvalue weighted by molar-refractivity contribution is 5.69. The number of alkyl halides is 3. The molecule has 2 rings (SSSR count). The monoisotopic (exact) mass is 375 g/mol. The van der Waals surface area contributed by atoms with Crippen molar-refractivity contribution in [3.8, 4) is 11.8 Å². The average Bonchev–Trinajstić information content (AvgIpc) is 2.57. The molecule has 0 unspecified atom stereocenters. The molecule has 1 atom stereocenters. The van der Waals surface area contributed by atoms with E-state index in [2.05, 4.69) is 11.8 Å². The minimum atomic E-state index is -4.71. The van der Waals surface area contributed by atoms with Crippen LogP contribution < -0.4 is 5.32 Å². The van der Waals surface area contributed by atoms with Gasteiger partial charge in [0.25, 0.3) is 0 Å². The fraction of sp³-hybridized carbons (Fsp3) is 0.286. The fourth-order valence-corrected chi connectivity index (χ4v) is 2.28. The smallest absolute Gasteiger partial charge is 0.413 e. The molecular weight excluding hydrogens is 355 g/mol. The van der Waals surface area contributed by atoms with Crippen molar-refractivity contribution in [2.75, 3.05) is 0 Å². The van der Waals surface area contributed by atoms with Crippen molar-refractivity contribution in [2.45, 2.75) is 38.6 Å². The van der Waals surface area contributed by atoms with Gasteiger partial charge in [0.15, 0.2) is 6.04 Å². The van der Waals surface area contributed by atoms with E-state index in [0.717, 1.165) is 0 Å². The van der Waals surface area contributed by atoms with Crippen molar-refractivity contribution in [3.63, 3.8) is 0 Å². The largest absolute Gasteiger partial charge is 0.444 e. The fourth-order valence-electron chi connectivity index (χ4n) is 2.28. The molecule has 2 aromatic rings. The topological polar surface area (TPSA) is 38.3 Å². The molecule has 142 valence electrons. The van der Waals surface area contributed by atoms with Crippen LogP contribution in [0, 0.1) is 11.8 Å². The first kappa shape index (κ1) is 20.4. The quantitative estimate of drug-likeness (QED) is 0.732. The normalized spacial score (nSPS) is 12.5. The zero-order valence-corrected chi connectivity index (χ0v) is 15.2. The predicted octanol–water partition coefficient (Wildman–Crippen LogP) is 5.21. The lowest BCUT2D eigenvalue weighted by Crippen LogP contribution is -2.41. The summed E-state index contributed by atoms with van der Waals surface area (Å²) >= 11 is 0.